The summed E-state index contributed by atoms with van der Waals surface area (Å²) in [5.41, 5.74) is 0.687. The number of rotatable bonds is 4. The maximum atomic E-state index is 12.6. The van der Waals surface area contributed by atoms with E-state index in [1.165, 1.54) is 12.3 Å². The first kappa shape index (κ1) is 19.4. The van der Waals surface area contributed by atoms with Gasteiger partial charge in [-0.1, -0.05) is 40.2 Å². The van der Waals surface area contributed by atoms with Crippen LogP contribution >= 0.6 is 27.7 Å². The minimum absolute atomic E-state index is 0.0705. The molecule has 3 aromatic rings. The highest BCUT2D eigenvalue weighted by molar-refractivity contribution is 9.10. The normalized spacial score (nSPS) is 15.5. The van der Waals surface area contributed by atoms with E-state index in [4.69, 9.17) is 4.42 Å². The molecule has 1 fully saturated rings. The second-order valence-corrected chi connectivity index (χ2v) is 8.12. The van der Waals surface area contributed by atoms with Gasteiger partial charge in [-0.25, -0.2) is 0 Å². The average molecular weight is 470 g/mol. The highest BCUT2D eigenvalue weighted by atomic mass is 79.9. The van der Waals surface area contributed by atoms with Crippen LogP contribution in [0.25, 0.3) is 17.0 Å². The SMILES string of the molecule is O=C(CN1C(=O)SC(=Cc2coc3ccccc3c2=O)C1=O)c1ccc(Br)cc1. The van der Waals surface area contributed by atoms with Gasteiger partial charge in [-0.05, 0) is 42.1 Å². The van der Waals surface area contributed by atoms with Gasteiger partial charge in [-0.2, -0.15) is 0 Å². The molecule has 0 spiro atoms. The minimum atomic E-state index is -0.613. The topological polar surface area (TPSA) is 84.7 Å². The molecule has 2 heterocycles. The van der Waals surface area contributed by atoms with E-state index in [1.54, 1.807) is 48.5 Å². The number of thioether (sulfide) groups is 1. The Morgan fingerprint density at radius 1 is 1.07 bits per heavy atom. The molecule has 1 saturated heterocycles. The lowest BCUT2D eigenvalue weighted by molar-refractivity contribution is -0.122. The third kappa shape index (κ3) is 3.81. The van der Waals surface area contributed by atoms with Crippen molar-refractivity contribution in [3.63, 3.8) is 0 Å². The van der Waals surface area contributed by atoms with Crippen LogP contribution < -0.4 is 5.43 Å². The summed E-state index contributed by atoms with van der Waals surface area (Å²) in [6.07, 6.45) is 2.58. The fourth-order valence-corrected chi connectivity index (χ4v) is 3.93. The van der Waals surface area contributed by atoms with Gasteiger partial charge < -0.3 is 4.42 Å². The van der Waals surface area contributed by atoms with E-state index in [9.17, 15) is 19.2 Å². The van der Waals surface area contributed by atoms with Gasteiger partial charge in [-0.3, -0.25) is 24.1 Å². The Morgan fingerprint density at radius 2 is 1.79 bits per heavy atom. The van der Waals surface area contributed by atoms with E-state index >= 15 is 0 Å². The van der Waals surface area contributed by atoms with Gasteiger partial charge in [0.15, 0.2) is 11.2 Å². The smallest absolute Gasteiger partial charge is 0.293 e. The predicted molar refractivity (Wildman–Crippen MR) is 114 cm³/mol. The Bertz CT molecular complexity index is 1250. The largest absolute Gasteiger partial charge is 0.463 e. The molecular formula is C21H12BrNO5S. The summed E-state index contributed by atoms with van der Waals surface area (Å²) in [5, 5.41) is -0.178. The molecule has 0 atom stereocenters. The van der Waals surface area contributed by atoms with Crippen LogP contribution in [0.2, 0.25) is 0 Å². The number of halogens is 1. The first-order valence-corrected chi connectivity index (χ1v) is 10.1. The molecule has 4 rings (SSSR count). The molecule has 2 amide bonds. The molecule has 0 unspecified atom stereocenters. The van der Waals surface area contributed by atoms with Crippen LogP contribution in [-0.4, -0.2) is 28.4 Å². The lowest BCUT2D eigenvalue weighted by Crippen LogP contribution is -2.33. The quantitative estimate of drug-likeness (QED) is 0.413. The third-order valence-corrected chi connectivity index (χ3v) is 5.77. The highest BCUT2D eigenvalue weighted by Gasteiger charge is 2.36. The molecule has 1 aliphatic heterocycles. The first-order valence-electron chi connectivity index (χ1n) is 8.49. The Kier molecular flexibility index (Phi) is 5.21. The number of amides is 2. The van der Waals surface area contributed by atoms with E-state index in [2.05, 4.69) is 15.9 Å². The van der Waals surface area contributed by atoms with Crippen molar-refractivity contribution in [3.8, 4) is 0 Å². The molecule has 0 saturated carbocycles. The zero-order valence-electron chi connectivity index (χ0n) is 14.8. The predicted octanol–water partition coefficient (Wildman–Crippen LogP) is 4.47. The van der Waals surface area contributed by atoms with Crippen molar-refractivity contribution in [2.45, 2.75) is 0 Å². The van der Waals surface area contributed by atoms with Crippen molar-refractivity contribution >= 4 is 61.7 Å². The number of carbonyl (C=O) groups excluding carboxylic acids is 3. The standard InChI is InChI=1S/C21H12BrNO5S/c22-14-7-5-12(6-8-14)16(24)10-23-20(26)18(29-21(23)27)9-13-11-28-17-4-2-1-3-15(17)19(13)25/h1-9,11H,10H2. The summed E-state index contributed by atoms with van der Waals surface area (Å²) in [7, 11) is 0. The number of imide groups is 1. The maximum Gasteiger partial charge on any atom is 0.293 e. The third-order valence-electron chi connectivity index (χ3n) is 4.33. The van der Waals surface area contributed by atoms with Crippen molar-refractivity contribution in [2.24, 2.45) is 0 Å². The molecule has 1 aromatic heterocycles. The van der Waals surface area contributed by atoms with Gasteiger partial charge in [0.1, 0.15) is 11.8 Å². The second kappa shape index (κ2) is 7.81. The van der Waals surface area contributed by atoms with Crippen molar-refractivity contribution in [2.75, 3.05) is 6.54 Å². The number of hydrogen-bond donors (Lipinski definition) is 0. The van der Waals surface area contributed by atoms with Crippen molar-refractivity contribution < 1.29 is 18.8 Å². The van der Waals surface area contributed by atoms with Crippen LogP contribution in [0.5, 0.6) is 0 Å². The number of para-hydroxylation sites is 1. The van der Waals surface area contributed by atoms with E-state index in [0.717, 1.165) is 9.37 Å². The molecule has 144 valence electrons. The monoisotopic (exact) mass is 469 g/mol. The van der Waals surface area contributed by atoms with Crippen LogP contribution in [0.15, 0.2) is 73.4 Å². The molecule has 0 radical (unpaired) electrons. The van der Waals surface area contributed by atoms with Gasteiger partial charge >= 0.3 is 0 Å². The van der Waals surface area contributed by atoms with Crippen LogP contribution in [0.3, 0.4) is 0 Å². The van der Waals surface area contributed by atoms with Crippen LogP contribution in [0.1, 0.15) is 15.9 Å². The number of benzene rings is 2. The zero-order valence-corrected chi connectivity index (χ0v) is 17.2. The summed E-state index contributed by atoms with van der Waals surface area (Å²) in [6.45, 7) is -0.365. The molecule has 2 aromatic carbocycles. The van der Waals surface area contributed by atoms with Gasteiger partial charge in [0.25, 0.3) is 11.1 Å². The van der Waals surface area contributed by atoms with E-state index in [1.807, 2.05) is 0 Å². The fraction of sp³-hybridized carbons (Fsp3) is 0.0476. The fourth-order valence-electron chi connectivity index (χ4n) is 2.84. The van der Waals surface area contributed by atoms with Crippen LogP contribution in [0, 0.1) is 0 Å². The number of Topliss-reactive ketones (excluding diaryl/α,β-unsaturated/α-hetero) is 1. The van der Waals surface area contributed by atoms with Crippen molar-refractivity contribution in [1.82, 2.24) is 4.90 Å². The minimum Gasteiger partial charge on any atom is -0.463 e. The van der Waals surface area contributed by atoms with Crippen molar-refractivity contribution in [3.05, 3.63) is 85.5 Å². The van der Waals surface area contributed by atoms with Crippen LogP contribution in [-0.2, 0) is 4.79 Å². The van der Waals surface area contributed by atoms with Gasteiger partial charge in [0, 0.05) is 10.0 Å². The summed E-state index contributed by atoms with van der Waals surface area (Å²) in [5.74, 6) is -0.968. The van der Waals surface area contributed by atoms with Gasteiger partial charge in [0.05, 0.1) is 22.4 Å². The van der Waals surface area contributed by atoms with Gasteiger partial charge in [0.2, 0.25) is 0 Å². The summed E-state index contributed by atoms with van der Waals surface area (Å²) in [4.78, 5) is 50.9. The Morgan fingerprint density at radius 3 is 2.55 bits per heavy atom. The van der Waals surface area contributed by atoms with E-state index in [0.29, 0.717) is 28.3 Å². The van der Waals surface area contributed by atoms with Crippen molar-refractivity contribution in [1.29, 1.82) is 0 Å². The van der Waals surface area contributed by atoms with Gasteiger partial charge in [-0.15, -0.1) is 0 Å². The molecule has 0 bridgehead atoms. The molecule has 8 heteroatoms. The number of ketones is 1. The lowest BCUT2D eigenvalue weighted by Gasteiger charge is -2.11. The molecule has 29 heavy (non-hydrogen) atoms. The summed E-state index contributed by atoms with van der Waals surface area (Å²) < 4.78 is 6.25. The van der Waals surface area contributed by atoms with Crippen LogP contribution in [0.4, 0.5) is 4.79 Å². The number of carbonyl (C=O) groups is 3. The number of fused-ring (bicyclic) bond motifs is 1. The molecule has 0 aliphatic carbocycles. The number of nitrogens with zero attached hydrogens (tertiary/aromatic N) is 1. The molecule has 6 nitrogen and oxygen atoms in total. The first-order chi connectivity index (χ1) is 13.9. The molecular weight excluding hydrogens is 458 g/mol. The lowest BCUT2D eigenvalue weighted by atomic mass is 10.1. The zero-order chi connectivity index (χ0) is 20.5. The summed E-state index contributed by atoms with van der Waals surface area (Å²) >= 11 is 3.98. The second-order valence-electron chi connectivity index (χ2n) is 6.21. The van der Waals surface area contributed by atoms with E-state index < -0.39 is 11.1 Å². The number of hydrogen-bond acceptors (Lipinski definition) is 6. The molecule has 1 aliphatic rings. The Hall–Kier alpha value is -2.97. The Labute approximate surface area is 177 Å². The summed E-state index contributed by atoms with van der Waals surface area (Å²) in [6, 6.07) is 13.4. The van der Waals surface area contributed by atoms with E-state index in [-0.39, 0.29) is 28.2 Å². The highest BCUT2D eigenvalue weighted by Crippen LogP contribution is 2.32. The molecule has 0 N–H and O–H groups in total. The Balaban J connectivity index is 1.59. The average Bonchev–Trinajstić information content (AvgIpc) is 2.98. The maximum absolute atomic E-state index is 12.6.